The van der Waals surface area contributed by atoms with Gasteiger partial charge in [0.2, 0.25) is 0 Å². The van der Waals surface area contributed by atoms with Crippen LogP contribution in [0.4, 0.5) is 0 Å². The molecule has 1 fully saturated rings. The van der Waals surface area contributed by atoms with E-state index < -0.39 is 5.97 Å². The predicted octanol–water partition coefficient (Wildman–Crippen LogP) is 1.68. The molecule has 0 saturated heterocycles. The number of aryl methyl sites for hydroxylation is 1. The Hall–Kier alpha value is -1.65. The summed E-state index contributed by atoms with van der Waals surface area (Å²) in [5.74, 6) is -0.363. The third-order valence-electron chi connectivity index (χ3n) is 4.02. The molecule has 0 unspecified atom stereocenters. The van der Waals surface area contributed by atoms with Gasteiger partial charge in [0.1, 0.15) is 0 Å². The van der Waals surface area contributed by atoms with Gasteiger partial charge in [-0.1, -0.05) is 12.8 Å². The molecule has 1 aromatic heterocycles. The van der Waals surface area contributed by atoms with Crippen molar-refractivity contribution >= 4 is 5.97 Å². The summed E-state index contributed by atoms with van der Waals surface area (Å²) in [6, 6.07) is 0. The van der Waals surface area contributed by atoms with Crippen molar-refractivity contribution < 1.29 is 9.90 Å². The van der Waals surface area contributed by atoms with E-state index in [4.69, 9.17) is 5.11 Å². The van der Waals surface area contributed by atoms with Gasteiger partial charge in [0.25, 0.3) is 0 Å². The number of hydrogen-bond donors (Lipinski definition) is 1. The second-order valence-electron chi connectivity index (χ2n) is 5.38. The molecule has 0 bridgehead atoms. The summed E-state index contributed by atoms with van der Waals surface area (Å²) in [7, 11) is 0. The number of carboxylic acids is 1. The number of hydrogen-bond acceptors (Lipinski definition) is 3. The highest BCUT2D eigenvalue weighted by molar-refractivity contribution is 5.70. The minimum atomic E-state index is -0.890. The Bertz CT molecular complexity index is 542. The van der Waals surface area contributed by atoms with Crippen molar-refractivity contribution in [1.29, 1.82) is 0 Å². The average Bonchev–Trinajstić information content (AvgIpc) is 2.82. The summed E-state index contributed by atoms with van der Waals surface area (Å²) in [6.45, 7) is 4.19. The van der Waals surface area contributed by atoms with Crippen LogP contribution in [0.5, 0.6) is 0 Å². The molecule has 0 atom stereocenters. The lowest BCUT2D eigenvalue weighted by Crippen LogP contribution is -2.30. The van der Waals surface area contributed by atoms with E-state index >= 15 is 0 Å². The van der Waals surface area contributed by atoms with Gasteiger partial charge < -0.3 is 5.11 Å². The highest BCUT2D eigenvalue weighted by atomic mass is 16.4. The zero-order valence-electron chi connectivity index (χ0n) is 11.5. The number of aliphatic carboxylic acids is 1. The van der Waals surface area contributed by atoms with Crippen molar-refractivity contribution in [1.82, 2.24) is 9.55 Å². The zero-order chi connectivity index (χ0) is 14.0. The smallest absolute Gasteiger partial charge is 0.347 e. The summed E-state index contributed by atoms with van der Waals surface area (Å²) in [6.07, 6.45) is 4.66. The Morgan fingerprint density at radius 1 is 1.37 bits per heavy atom. The van der Waals surface area contributed by atoms with Crippen LogP contribution in [0.15, 0.2) is 4.79 Å². The van der Waals surface area contributed by atoms with Crippen LogP contribution in [0.2, 0.25) is 0 Å². The number of carboxylic acid groups (broad SMARTS) is 1. The van der Waals surface area contributed by atoms with E-state index in [0.717, 1.165) is 18.5 Å². The van der Waals surface area contributed by atoms with Crippen molar-refractivity contribution in [2.45, 2.75) is 52.5 Å². The lowest BCUT2D eigenvalue weighted by molar-refractivity contribution is -0.136. The Labute approximate surface area is 112 Å². The number of rotatable bonds is 4. The molecule has 0 aliphatic heterocycles. The van der Waals surface area contributed by atoms with E-state index in [1.54, 1.807) is 11.5 Å². The Kier molecular flexibility index (Phi) is 4.02. The predicted molar refractivity (Wildman–Crippen MR) is 71.3 cm³/mol. The highest BCUT2D eigenvalue weighted by Gasteiger charge is 2.19. The largest absolute Gasteiger partial charge is 0.481 e. The summed E-state index contributed by atoms with van der Waals surface area (Å²) in [4.78, 5) is 26.9. The maximum Gasteiger partial charge on any atom is 0.347 e. The van der Waals surface area contributed by atoms with Crippen molar-refractivity contribution in [3.05, 3.63) is 27.4 Å². The van der Waals surface area contributed by atoms with Gasteiger partial charge in [-0.25, -0.2) is 4.79 Å². The van der Waals surface area contributed by atoms with Gasteiger partial charge >= 0.3 is 11.7 Å². The van der Waals surface area contributed by atoms with Crippen molar-refractivity contribution in [3.8, 4) is 0 Å². The second kappa shape index (κ2) is 5.55. The third-order valence-corrected chi connectivity index (χ3v) is 4.02. The van der Waals surface area contributed by atoms with Crippen LogP contribution < -0.4 is 5.69 Å². The van der Waals surface area contributed by atoms with Crippen LogP contribution in [-0.2, 0) is 17.8 Å². The minimum absolute atomic E-state index is 0.0738. The average molecular weight is 264 g/mol. The molecule has 5 heteroatoms. The fraction of sp³-hybridized carbons (Fsp3) is 0.643. The van der Waals surface area contributed by atoms with E-state index in [1.165, 1.54) is 12.8 Å². The van der Waals surface area contributed by atoms with E-state index in [-0.39, 0.29) is 12.1 Å². The fourth-order valence-electron chi connectivity index (χ4n) is 2.91. The molecular weight excluding hydrogens is 244 g/mol. The Morgan fingerprint density at radius 3 is 2.58 bits per heavy atom. The lowest BCUT2D eigenvalue weighted by atomic mass is 10.1. The zero-order valence-corrected chi connectivity index (χ0v) is 11.5. The molecule has 19 heavy (non-hydrogen) atoms. The summed E-state index contributed by atoms with van der Waals surface area (Å²) < 4.78 is 1.65. The first-order chi connectivity index (χ1) is 8.99. The van der Waals surface area contributed by atoms with Gasteiger partial charge in [-0.2, -0.15) is 4.98 Å². The molecule has 1 saturated carbocycles. The van der Waals surface area contributed by atoms with Crippen LogP contribution in [-0.4, -0.2) is 20.6 Å². The molecule has 0 amide bonds. The number of aromatic nitrogens is 2. The monoisotopic (exact) mass is 264 g/mol. The van der Waals surface area contributed by atoms with E-state index in [0.29, 0.717) is 23.7 Å². The standard InChI is InChI=1S/C14H20N2O3/c1-9-12(7-13(17)18)10(2)16(14(19)15-9)8-11-5-3-4-6-11/h11H,3-8H2,1-2H3,(H,17,18). The maximum absolute atomic E-state index is 12.0. The van der Waals surface area contributed by atoms with E-state index in [2.05, 4.69) is 4.98 Å². The van der Waals surface area contributed by atoms with Crippen LogP contribution in [0.25, 0.3) is 0 Å². The molecule has 0 aromatic carbocycles. The van der Waals surface area contributed by atoms with E-state index in [1.807, 2.05) is 6.92 Å². The molecule has 1 aliphatic rings. The summed E-state index contributed by atoms with van der Waals surface area (Å²) in [5.41, 5.74) is 1.71. The van der Waals surface area contributed by atoms with Gasteiger partial charge in [0, 0.05) is 23.5 Å². The molecule has 0 radical (unpaired) electrons. The van der Waals surface area contributed by atoms with Crippen LogP contribution in [0.1, 0.15) is 42.6 Å². The molecule has 104 valence electrons. The van der Waals surface area contributed by atoms with Gasteiger partial charge in [-0.15, -0.1) is 0 Å². The Balaban J connectivity index is 2.36. The third kappa shape index (κ3) is 3.03. The first-order valence-electron chi connectivity index (χ1n) is 6.77. The normalized spacial score (nSPS) is 15.9. The number of nitrogens with zero attached hydrogens (tertiary/aromatic N) is 2. The van der Waals surface area contributed by atoms with Gasteiger partial charge in [-0.3, -0.25) is 9.36 Å². The van der Waals surface area contributed by atoms with Crippen LogP contribution in [0.3, 0.4) is 0 Å². The second-order valence-corrected chi connectivity index (χ2v) is 5.38. The Morgan fingerprint density at radius 2 is 2.00 bits per heavy atom. The quantitative estimate of drug-likeness (QED) is 0.898. The molecule has 1 aliphatic carbocycles. The topological polar surface area (TPSA) is 72.2 Å². The molecule has 1 N–H and O–H groups in total. The summed E-state index contributed by atoms with van der Waals surface area (Å²) in [5, 5.41) is 8.95. The molecule has 5 nitrogen and oxygen atoms in total. The van der Waals surface area contributed by atoms with E-state index in [9.17, 15) is 9.59 Å². The van der Waals surface area contributed by atoms with Crippen LogP contribution >= 0.6 is 0 Å². The number of carbonyl (C=O) groups is 1. The van der Waals surface area contributed by atoms with Gasteiger partial charge in [0.05, 0.1) is 6.42 Å². The first kappa shape index (κ1) is 13.8. The highest BCUT2D eigenvalue weighted by Crippen LogP contribution is 2.26. The molecule has 1 aromatic rings. The van der Waals surface area contributed by atoms with Crippen molar-refractivity contribution in [2.24, 2.45) is 5.92 Å². The summed E-state index contributed by atoms with van der Waals surface area (Å²) >= 11 is 0. The minimum Gasteiger partial charge on any atom is -0.481 e. The molecule has 1 heterocycles. The molecule has 2 rings (SSSR count). The van der Waals surface area contributed by atoms with Crippen molar-refractivity contribution in [3.63, 3.8) is 0 Å². The molecular formula is C14H20N2O3. The lowest BCUT2D eigenvalue weighted by Gasteiger charge is -2.17. The van der Waals surface area contributed by atoms with Gasteiger partial charge in [0.15, 0.2) is 0 Å². The van der Waals surface area contributed by atoms with Crippen molar-refractivity contribution in [2.75, 3.05) is 0 Å². The first-order valence-corrected chi connectivity index (χ1v) is 6.77. The van der Waals surface area contributed by atoms with Crippen LogP contribution in [0, 0.1) is 19.8 Å². The SMILES string of the molecule is Cc1nc(=O)n(CC2CCCC2)c(C)c1CC(=O)O. The fourth-order valence-corrected chi connectivity index (χ4v) is 2.91. The van der Waals surface area contributed by atoms with Gasteiger partial charge in [-0.05, 0) is 32.6 Å². The maximum atomic E-state index is 12.0. The molecule has 0 spiro atoms.